The second kappa shape index (κ2) is 16.3. The molecule has 0 aromatic carbocycles. The quantitative estimate of drug-likeness (QED) is 0.309. The topological polar surface area (TPSA) is 123 Å². The van der Waals surface area contributed by atoms with Crippen LogP contribution < -0.4 is 10.6 Å². The molecule has 164 valence electrons. The molecular formula is C19H36N2O7. The molecule has 0 rings (SSSR count). The van der Waals surface area contributed by atoms with E-state index in [0.29, 0.717) is 65.6 Å². The maximum absolute atomic E-state index is 11.6. The summed E-state index contributed by atoms with van der Waals surface area (Å²) in [6, 6.07) is 0. The second-order valence-electron chi connectivity index (χ2n) is 7.52. The number of amides is 2. The van der Waals surface area contributed by atoms with Crippen molar-refractivity contribution in [2.24, 2.45) is 5.41 Å². The number of ether oxygens (including phenoxy) is 3. The van der Waals surface area contributed by atoms with Gasteiger partial charge in [0.05, 0.1) is 39.6 Å². The van der Waals surface area contributed by atoms with Gasteiger partial charge in [0, 0.05) is 32.4 Å². The van der Waals surface area contributed by atoms with Crippen LogP contribution in [0.15, 0.2) is 0 Å². The highest BCUT2D eigenvalue weighted by Gasteiger charge is 2.11. The van der Waals surface area contributed by atoms with Crippen molar-refractivity contribution in [3.05, 3.63) is 0 Å². The first-order valence-corrected chi connectivity index (χ1v) is 9.69. The Balaban J connectivity index is 3.28. The van der Waals surface area contributed by atoms with Gasteiger partial charge in [0.25, 0.3) is 0 Å². The predicted molar refractivity (Wildman–Crippen MR) is 104 cm³/mol. The van der Waals surface area contributed by atoms with Crippen molar-refractivity contribution < 1.29 is 33.7 Å². The van der Waals surface area contributed by atoms with Crippen molar-refractivity contribution in [1.29, 1.82) is 0 Å². The fourth-order valence-electron chi connectivity index (χ4n) is 1.91. The van der Waals surface area contributed by atoms with E-state index in [0.717, 1.165) is 0 Å². The number of nitrogens with one attached hydrogen (secondary N) is 2. The fraction of sp³-hybridized carbons (Fsp3) is 0.842. The van der Waals surface area contributed by atoms with E-state index in [1.807, 2.05) is 0 Å². The SMILES string of the molecule is CC(C)(C)CNC(=O)CCOCCOCCOCCNC(=O)CCCC(=O)O. The van der Waals surface area contributed by atoms with Crippen LogP contribution in [0, 0.1) is 5.41 Å². The van der Waals surface area contributed by atoms with Gasteiger partial charge in [-0.1, -0.05) is 20.8 Å². The summed E-state index contributed by atoms with van der Waals surface area (Å²) in [7, 11) is 0. The van der Waals surface area contributed by atoms with Crippen molar-refractivity contribution in [3.8, 4) is 0 Å². The van der Waals surface area contributed by atoms with Gasteiger partial charge in [0.1, 0.15) is 0 Å². The molecule has 0 fully saturated rings. The van der Waals surface area contributed by atoms with E-state index in [-0.39, 0.29) is 30.1 Å². The summed E-state index contributed by atoms with van der Waals surface area (Å²) in [5.74, 6) is -1.09. The number of carboxylic acids is 1. The van der Waals surface area contributed by atoms with Gasteiger partial charge in [-0.15, -0.1) is 0 Å². The lowest BCUT2D eigenvalue weighted by Crippen LogP contribution is -2.32. The Hall–Kier alpha value is -1.71. The molecule has 0 bridgehead atoms. The molecular weight excluding hydrogens is 368 g/mol. The number of hydrogen-bond donors (Lipinski definition) is 3. The van der Waals surface area contributed by atoms with Crippen LogP contribution in [0.3, 0.4) is 0 Å². The van der Waals surface area contributed by atoms with Crippen LogP contribution >= 0.6 is 0 Å². The first kappa shape index (κ1) is 26.3. The third-order valence-corrected chi connectivity index (χ3v) is 3.40. The average molecular weight is 405 g/mol. The third kappa shape index (κ3) is 20.6. The summed E-state index contributed by atoms with van der Waals surface area (Å²) >= 11 is 0. The molecule has 0 saturated carbocycles. The molecule has 0 unspecified atom stereocenters. The largest absolute Gasteiger partial charge is 0.481 e. The molecule has 2 amide bonds. The predicted octanol–water partition coefficient (Wildman–Crippen LogP) is 0.960. The smallest absolute Gasteiger partial charge is 0.303 e. The molecule has 0 atom stereocenters. The molecule has 9 heteroatoms. The third-order valence-electron chi connectivity index (χ3n) is 3.40. The Bertz CT molecular complexity index is 450. The minimum absolute atomic E-state index is 0.00459. The number of aliphatic carboxylic acids is 1. The number of carbonyl (C=O) groups is 3. The van der Waals surface area contributed by atoms with E-state index >= 15 is 0 Å². The summed E-state index contributed by atoms with van der Waals surface area (Å²) in [6.07, 6.45) is 0.865. The van der Waals surface area contributed by atoms with Crippen LogP contribution in [0.4, 0.5) is 0 Å². The summed E-state index contributed by atoms with van der Waals surface area (Å²) in [4.78, 5) is 33.3. The van der Waals surface area contributed by atoms with E-state index in [9.17, 15) is 14.4 Å². The molecule has 3 N–H and O–H groups in total. The lowest BCUT2D eigenvalue weighted by molar-refractivity contribution is -0.137. The molecule has 0 spiro atoms. The molecule has 0 saturated heterocycles. The van der Waals surface area contributed by atoms with E-state index in [1.165, 1.54) is 0 Å². The van der Waals surface area contributed by atoms with Gasteiger partial charge in [0.2, 0.25) is 11.8 Å². The van der Waals surface area contributed by atoms with Crippen LogP contribution in [0.25, 0.3) is 0 Å². The minimum atomic E-state index is -0.900. The lowest BCUT2D eigenvalue weighted by Gasteiger charge is -2.18. The minimum Gasteiger partial charge on any atom is -0.481 e. The summed E-state index contributed by atoms with van der Waals surface area (Å²) < 4.78 is 16.0. The normalized spacial score (nSPS) is 11.2. The Morgan fingerprint density at radius 2 is 1.29 bits per heavy atom. The van der Waals surface area contributed by atoms with E-state index < -0.39 is 5.97 Å². The van der Waals surface area contributed by atoms with Gasteiger partial charge in [-0.3, -0.25) is 14.4 Å². The van der Waals surface area contributed by atoms with Gasteiger partial charge >= 0.3 is 5.97 Å². The van der Waals surface area contributed by atoms with Crippen LogP contribution in [-0.4, -0.2) is 75.6 Å². The fourth-order valence-corrected chi connectivity index (χ4v) is 1.91. The first-order valence-electron chi connectivity index (χ1n) is 9.69. The van der Waals surface area contributed by atoms with E-state index in [2.05, 4.69) is 31.4 Å². The zero-order valence-corrected chi connectivity index (χ0v) is 17.4. The summed E-state index contributed by atoms with van der Waals surface area (Å²) in [5, 5.41) is 14.0. The maximum atomic E-state index is 11.6. The van der Waals surface area contributed by atoms with Gasteiger partial charge in [-0.05, 0) is 11.8 Å². The van der Waals surface area contributed by atoms with Crippen LogP contribution in [0.5, 0.6) is 0 Å². The van der Waals surface area contributed by atoms with E-state index in [1.54, 1.807) is 0 Å². The first-order chi connectivity index (χ1) is 13.2. The van der Waals surface area contributed by atoms with Crippen molar-refractivity contribution >= 4 is 17.8 Å². The van der Waals surface area contributed by atoms with Gasteiger partial charge in [-0.25, -0.2) is 0 Å². The van der Waals surface area contributed by atoms with Crippen molar-refractivity contribution in [2.45, 2.75) is 46.5 Å². The van der Waals surface area contributed by atoms with Crippen molar-refractivity contribution in [1.82, 2.24) is 10.6 Å². The zero-order chi connectivity index (χ0) is 21.3. The molecule has 0 aliphatic heterocycles. The summed E-state index contributed by atoms with van der Waals surface area (Å²) in [6.45, 7) is 9.61. The molecule has 0 heterocycles. The van der Waals surface area contributed by atoms with Gasteiger partial charge < -0.3 is 30.0 Å². The van der Waals surface area contributed by atoms with Crippen molar-refractivity contribution in [3.63, 3.8) is 0 Å². The Kier molecular flexibility index (Phi) is 15.3. The molecule has 28 heavy (non-hydrogen) atoms. The number of rotatable bonds is 17. The molecule has 0 aliphatic carbocycles. The molecule has 0 aromatic heterocycles. The average Bonchev–Trinajstić information content (AvgIpc) is 2.60. The molecule has 0 aromatic rings. The van der Waals surface area contributed by atoms with E-state index in [4.69, 9.17) is 19.3 Å². The van der Waals surface area contributed by atoms with Crippen LogP contribution in [0.2, 0.25) is 0 Å². The van der Waals surface area contributed by atoms with Gasteiger partial charge in [-0.2, -0.15) is 0 Å². The highest BCUT2D eigenvalue weighted by atomic mass is 16.5. The van der Waals surface area contributed by atoms with Crippen molar-refractivity contribution in [2.75, 3.05) is 52.7 Å². The number of hydrogen-bond acceptors (Lipinski definition) is 6. The maximum Gasteiger partial charge on any atom is 0.303 e. The van der Waals surface area contributed by atoms with Crippen LogP contribution in [-0.2, 0) is 28.6 Å². The van der Waals surface area contributed by atoms with Crippen LogP contribution in [0.1, 0.15) is 46.5 Å². The molecule has 9 nitrogen and oxygen atoms in total. The number of carbonyl (C=O) groups excluding carboxylic acids is 2. The number of carboxylic acid groups (broad SMARTS) is 1. The Morgan fingerprint density at radius 3 is 1.86 bits per heavy atom. The second-order valence-corrected chi connectivity index (χ2v) is 7.52. The highest BCUT2D eigenvalue weighted by molar-refractivity contribution is 5.76. The zero-order valence-electron chi connectivity index (χ0n) is 17.4. The molecule has 0 aliphatic rings. The monoisotopic (exact) mass is 404 g/mol. The Labute approximate surface area is 167 Å². The summed E-state index contributed by atoms with van der Waals surface area (Å²) in [5.41, 5.74) is 0.0694. The standard InChI is InChI=1S/C19H36N2O7/c1-19(2,3)15-21-17(23)7-9-26-11-13-28-14-12-27-10-8-20-16(22)5-4-6-18(24)25/h4-15H2,1-3H3,(H,20,22)(H,21,23)(H,24,25). The van der Waals surface area contributed by atoms with Gasteiger partial charge in [0.15, 0.2) is 0 Å². The lowest BCUT2D eigenvalue weighted by atomic mass is 9.97. The Morgan fingerprint density at radius 1 is 0.750 bits per heavy atom. The highest BCUT2D eigenvalue weighted by Crippen LogP contribution is 2.10. The molecule has 0 radical (unpaired) electrons.